The van der Waals surface area contributed by atoms with Gasteiger partial charge in [-0.2, -0.15) is 0 Å². The molecule has 0 fully saturated rings. The second-order valence-corrected chi connectivity index (χ2v) is 8.07. The molecule has 0 saturated carbocycles. The summed E-state index contributed by atoms with van der Waals surface area (Å²) in [6, 6.07) is 15.5. The summed E-state index contributed by atoms with van der Waals surface area (Å²) in [7, 11) is -3.64. The van der Waals surface area contributed by atoms with Crippen LogP contribution in [0.25, 0.3) is 10.4 Å². The Morgan fingerprint density at radius 2 is 1.76 bits per heavy atom. The van der Waals surface area contributed by atoms with Gasteiger partial charge in [0.05, 0.1) is 10.6 Å². The Morgan fingerprint density at radius 1 is 1.08 bits per heavy atom. The van der Waals surface area contributed by atoms with E-state index >= 15 is 0 Å². The fourth-order valence-electron chi connectivity index (χ4n) is 2.41. The fourth-order valence-corrected chi connectivity index (χ4v) is 4.62. The van der Waals surface area contributed by atoms with E-state index in [1.165, 1.54) is 11.3 Å². The Hall–Kier alpha value is -2.64. The van der Waals surface area contributed by atoms with Crippen molar-refractivity contribution in [1.82, 2.24) is 0 Å². The molecule has 0 saturated heterocycles. The third-order valence-corrected chi connectivity index (χ3v) is 6.21. The number of hydrogen-bond donors (Lipinski definition) is 2. The highest BCUT2D eigenvalue weighted by atomic mass is 32.2. The minimum absolute atomic E-state index is 0.258. The molecule has 0 aliphatic rings. The van der Waals surface area contributed by atoms with E-state index < -0.39 is 15.9 Å². The van der Waals surface area contributed by atoms with Gasteiger partial charge < -0.3 is 5.73 Å². The van der Waals surface area contributed by atoms with Gasteiger partial charge in [-0.25, -0.2) is 8.42 Å². The van der Waals surface area contributed by atoms with Crippen molar-refractivity contribution < 1.29 is 13.2 Å². The Balaban J connectivity index is 1.84. The molecule has 0 radical (unpaired) electrons. The van der Waals surface area contributed by atoms with Crippen LogP contribution in [0, 0.1) is 6.92 Å². The van der Waals surface area contributed by atoms with Crippen molar-refractivity contribution in [1.29, 1.82) is 0 Å². The summed E-state index contributed by atoms with van der Waals surface area (Å²) in [6.45, 7) is 1.76. The summed E-state index contributed by atoms with van der Waals surface area (Å²) < 4.78 is 27.7. The summed E-state index contributed by atoms with van der Waals surface area (Å²) in [5, 5.41) is 1.74. The number of thiophene rings is 1. The SMILES string of the molecule is Cc1ccccc1S(=O)(=O)Nc1csc(-c2ccc(C(N)=O)cc2)c1. The van der Waals surface area contributed by atoms with E-state index in [0.717, 1.165) is 10.4 Å². The Morgan fingerprint density at radius 3 is 2.40 bits per heavy atom. The topological polar surface area (TPSA) is 89.3 Å². The molecule has 7 heteroatoms. The highest BCUT2D eigenvalue weighted by Crippen LogP contribution is 2.31. The average molecular weight is 372 g/mol. The van der Waals surface area contributed by atoms with Crippen LogP contribution in [-0.2, 0) is 10.0 Å². The molecule has 0 aliphatic heterocycles. The molecule has 3 N–H and O–H groups in total. The van der Waals surface area contributed by atoms with E-state index in [4.69, 9.17) is 5.73 Å². The lowest BCUT2D eigenvalue weighted by atomic mass is 10.1. The van der Waals surface area contributed by atoms with Crippen LogP contribution in [0.5, 0.6) is 0 Å². The Labute approximate surface area is 150 Å². The second kappa shape index (κ2) is 6.70. The minimum atomic E-state index is -3.64. The number of nitrogens with two attached hydrogens (primary N) is 1. The van der Waals surface area contributed by atoms with E-state index in [9.17, 15) is 13.2 Å². The molecule has 128 valence electrons. The largest absolute Gasteiger partial charge is 0.366 e. The summed E-state index contributed by atoms with van der Waals surface area (Å²) in [5.41, 5.74) is 7.74. The van der Waals surface area contributed by atoms with Gasteiger partial charge >= 0.3 is 0 Å². The average Bonchev–Trinajstić information content (AvgIpc) is 3.03. The number of rotatable bonds is 5. The molecule has 0 spiro atoms. The zero-order chi connectivity index (χ0) is 18.0. The molecule has 25 heavy (non-hydrogen) atoms. The third kappa shape index (κ3) is 3.72. The van der Waals surface area contributed by atoms with E-state index in [0.29, 0.717) is 16.8 Å². The van der Waals surface area contributed by atoms with Crippen molar-refractivity contribution in [2.45, 2.75) is 11.8 Å². The zero-order valence-electron chi connectivity index (χ0n) is 13.4. The van der Waals surface area contributed by atoms with Gasteiger partial charge in [0.1, 0.15) is 0 Å². The van der Waals surface area contributed by atoms with Crippen LogP contribution in [-0.4, -0.2) is 14.3 Å². The molecule has 3 rings (SSSR count). The van der Waals surface area contributed by atoms with Crippen molar-refractivity contribution in [3.8, 4) is 10.4 Å². The van der Waals surface area contributed by atoms with E-state index in [1.54, 1.807) is 66.9 Å². The van der Waals surface area contributed by atoms with Gasteiger partial charge in [-0.15, -0.1) is 11.3 Å². The number of amides is 1. The maximum absolute atomic E-state index is 12.5. The maximum Gasteiger partial charge on any atom is 0.262 e. The number of carbonyl (C=O) groups excluding carboxylic acids is 1. The van der Waals surface area contributed by atoms with Crippen molar-refractivity contribution >= 4 is 33.0 Å². The van der Waals surface area contributed by atoms with Gasteiger partial charge in [-0.05, 0) is 42.3 Å². The van der Waals surface area contributed by atoms with Gasteiger partial charge in [-0.1, -0.05) is 30.3 Å². The van der Waals surface area contributed by atoms with Crippen LogP contribution in [0.2, 0.25) is 0 Å². The first-order valence-corrected chi connectivity index (χ1v) is 9.80. The quantitative estimate of drug-likeness (QED) is 0.717. The number of anilines is 1. The van der Waals surface area contributed by atoms with Crippen LogP contribution in [0.15, 0.2) is 64.9 Å². The van der Waals surface area contributed by atoms with Gasteiger partial charge in [0.15, 0.2) is 0 Å². The monoisotopic (exact) mass is 372 g/mol. The lowest BCUT2D eigenvalue weighted by molar-refractivity contribution is 0.100. The molecule has 3 aromatic rings. The fraction of sp³-hybridized carbons (Fsp3) is 0.0556. The molecule has 1 amide bonds. The third-order valence-electron chi connectivity index (χ3n) is 3.69. The second-order valence-electron chi connectivity index (χ2n) is 5.51. The number of primary amides is 1. The van der Waals surface area contributed by atoms with Crippen LogP contribution in [0.4, 0.5) is 5.69 Å². The first-order valence-electron chi connectivity index (χ1n) is 7.44. The van der Waals surface area contributed by atoms with E-state index in [1.807, 2.05) is 0 Å². The van der Waals surface area contributed by atoms with Gasteiger partial charge in [0.2, 0.25) is 5.91 Å². The van der Waals surface area contributed by atoms with Crippen LogP contribution >= 0.6 is 11.3 Å². The molecule has 0 atom stereocenters. The van der Waals surface area contributed by atoms with Gasteiger partial charge in [0, 0.05) is 15.8 Å². The highest BCUT2D eigenvalue weighted by molar-refractivity contribution is 7.92. The number of nitrogens with one attached hydrogen (secondary N) is 1. The lowest BCUT2D eigenvalue weighted by Gasteiger charge is -2.08. The summed E-state index contributed by atoms with van der Waals surface area (Å²) in [5.74, 6) is -0.482. The van der Waals surface area contributed by atoms with Crippen LogP contribution in [0.1, 0.15) is 15.9 Å². The molecule has 0 unspecified atom stereocenters. The molecule has 0 bridgehead atoms. The zero-order valence-corrected chi connectivity index (χ0v) is 15.0. The number of hydrogen-bond acceptors (Lipinski definition) is 4. The highest BCUT2D eigenvalue weighted by Gasteiger charge is 2.17. The number of aryl methyl sites for hydroxylation is 1. The van der Waals surface area contributed by atoms with Crippen molar-refractivity contribution in [2.75, 3.05) is 4.72 Å². The van der Waals surface area contributed by atoms with Crippen molar-refractivity contribution in [3.63, 3.8) is 0 Å². The molecule has 5 nitrogen and oxygen atoms in total. The van der Waals surface area contributed by atoms with Crippen LogP contribution in [0.3, 0.4) is 0 Å². The summed E-state index contributed by atoms with van der Waals surface area (Å²) in [4.78, 5) is 12.3. The standard InChI is InChI=1S/C18H16N2O3S2/c1-12-4-2-3-5-17(12)25(22,23)20-15-10-16(24-11-15)13-6-8-14(9-7-13)18(19)21/h2-11,20H,1H3,(H2,19,21). The first kappa shape index (κ1) is 17.2. The maximum atomic E-state index is 12.5. The molecule has 2 aromatic carbocycles. The minimum Gasteiger partial charge on any atom is -0.366 e. The predicted molar refractivity (Wildman–Crippen MR) is 100 cm³/mol. The Kier molecular flexibility index (Phi) is 4.61. The first-order chi connectivity index (χ1) is 11.9. The van der Waals surface area contributed by atoms with Crippen molar-refractivity contribution in [2.24, 2.45) is 5.73 Å². The molecule has 1 aromatic heterocycles. The van der Waals surface area contributed by atoms with Gasteiger partial charge in [0.25, 0.3) is 10.0 Å². The number of carbonyl (C=O) groups is 1. The van der Waals surface area contributed by atoms with Crippen LogP contribution < -0.4 is 10.5 Å². The molecular formula is C18H16N2O3S2. The normalized spacial score (nSPS) is 11.2. The number of benzene rings is 2. The lowest BCUT2D eigenvalue weighted by Crippen LogP contribution is -2.13. The van der Waals surface area contributed by atoms with E-state index in [-0.39, 0.29) is 4.90 Å². The molecular weight excluding hydrogens is 356 g/mol. The molecule has 0 aliphatic carbocycles. The Bertz CT molecular complexity index is 1020. The summed E-state index contributed by atoms with van der Waals surface area (Å²) in [6.07, 6.45) is 0. The van der Waals surface area contributed by atoms with E-state index in [2.05, 4.69) is 4.72 Å². The summed E-state index contributed by atoms with van der Waals surface area (Å²) >= 11 is 1.41. The smallest absolute Gasteiger partial charge is 0.262 e. The number of sulfonamides is 1. The predicted octanol–water partition coefficient (Wildman–Crippen LogP) is 3.62. The van der Waals surface area contributed by atoms with Crippen molar-refractivity contribution in [3.05, 3.63) is 71.1 Å². The van der Waals surface area contributed by atoms with Gasteiger partial charge in [-0.3, -0.25) is 9.52 Å². The molecule has 1 heterocycles.